The number of aromatic nitrogens is 1. The van der Waals surface area contributed by atoms with Crippen LogP contribution in [0.5, 0.6) is 5.88 Å². The fourth-order valence-electron chi connectivity index (χ4n) is 2.20. The molecule has 0 atom stereocenters. The van der Waals surface area contributed by atoms with Crippen LogP contribution >= 0.6 is 0 Å². The van der Waals surface area contributed by atoms with Crippen LogP contribution in [0.1, 0.15) is 16.1 Å². The van der Waals surface area contributed by atoms with Gasteiger partial charge in [0.25, 0.3) is 11.8 Å². The largest absolute Gasteiger partial charge is 0.471 e. The number of ether oxygens (including phenoxy) is 1. The fourth-order valence-corrected chi connectivity index (χ4v) is 2.20. The van der Waals surface area contributed by atoms with E-state index in [1.807, 2.05) is 73.6 Å². The van der Waals surface area contributed by atoms with Crippen LogP contribution < -0.4 is 15.0 Å². The molecule has 3 rings (SSSR count). The lowest BCUT2D eigenvalue weighted by atomic mass is 10.2. The molecule has 0 radical (unpaired) electrons. The highest BCUT2D eigenvalue weighted by atomic mass is 16.5. The van der Waals surface area contributed by atoms with Crippen LogP contribution in [0.2, 0.25) is 0 Å². The molecule has 0 aliphatic rings. The molecule has 0 fully saturated rings. The number of carbonyl (C=O) groups excluding carboxylic acids is 1. The molecule has 3 aromatic rings. The minimum Gasteiger partial charge on any atom is -0.471 e. The van der Waals surface area contributed by atoms with E-state index in [4.69, 9.17) is 9.26 Å². The first-order chi connectivity index (χ1) is 12.1. The molecule has 0 saturated heterocycles. The van der Waals surface area contributed by atoms with Crippen LogP contribution in [0.25, 0.3) is 0 Å². The van der Waals surface area contributed by atoms with E-state index in [1.54, 1.807) is 0 Å². The van der Waals surface area contributed by atoms with Crippen LogP contribution in [0.15, 0.2) is 65.2 Å². The lowest BCUT2D eigenvalue weighted by Gasteiger charge is -2.12. The molecule has 0 spiro atoms. The molecule has 6 nitrogen and oxygen atoms in total. The lowest BCUT2D eigenvalue weighted by molar-refractivity contribution is 0.0987. The number of benzene rings is 2. The van der Waals surface area contributed by atoms with Crippen molar-refractivity contribution in [1.29, 1.82) is 0 Å². The Bertz CT molecular complexity index is 827. The quantitative estimate of drug-likeness (QED) is 0.745. The zero-order valence-corrected chi connectivity index (χ0v) is 14.1. The highest BCUT2D eigenvalue weighted by Crippen LogP contribution is 2.18. The standard InChI is InChI=1S/C19H19N3O3/c1-22(2)16-10-8-15(9-11-16)20-19(23)17-12-18(21-25-17)24-13-14-6-4-3-5-7-14/h3-12H,13H2,1-2H3,(H,20,23). The van der Waals surface area contributed by atoms with Crippen molar-refractivity contribution < 1.29 is 14.1 Å². The average molecular weight is 337 g/mol. The minimum atomic E-state index is -0.375. The van der Waals surface area contributed by atoms with Gasteiger partial charge in [-0.3, -0.25) is 4.79 Å². The van der Waals surface area contributed by atoms with E-state index in [2.05, 4.69) is 10.5 Å². The van der Waals surface area contributed by atoms with E-state index in [9.17, 15) is 4.79 Å². The van der Waals surface area contributed by atoms with E-state index < -0.39 is 0 Å². The highest BCUT2D eigenvalue weighted by Gasteiger charge is 2.14. The highest BCUT2D eigenvalue weighted by molar-refractivity contribution is 6.02. The molecule has 0 aliphatic heterocycles. The van der Waals surface area contributed by atoms with Gasteiger partial charge in [0.15, 0.2) is 0 Å². The Morgan fingerprint density at radius 3 is 2.52 bits per heavy atom. The summed E-state index contributed by atoms with van der Waals surface area (Å²) in [6.45, 7) is 0.362. The number of hydrogen-bond acceptors (Lipinski definition) is 5. The molecule has 0 saturated carbocycles. The van der Waals surface area contributed by atoms with Gasteiger partial charge in [0.05, 0.1) is 6.07 Å². The van der Waals surface area contributed by atoms with Crippen molar-refractivity contribution in [1.82, 2.24) is 5.16 Å². The topological polar surface area (TPSA) is 67.6 Å². The third-order valence-electron chi connectivity index (χ3n) is 3.58. The molecular weight excluding hydrogens is 318 g/mol. The first-order valence-electron chi connectivity index (χ1n) is 7.84. The molecule has 1 N–H and O–H groups in total. The maximum atomic E-state index is 12.2. The SMILES string of the molecule is CN(C)c1ccc(NC(=O)c2cc(OCc3ccccc3)no2)cc1. The summed E-state index contributed by atoms with van der Waals surface area (Å²) in [6.07, 6.45) is 0. The predicted octanol–water partition coefficient (Wildman–Crippen LogP) is 3.57. The van der Waals surface area contributed by atoms with Gasteiger partial charge in [-0.1, -0.05) is 30.3 Å². The second kappa shape index (κ2) is 7.53. The monoisotopic (exact) mass is 337 g/mol. The second-order valence-corrected chi connectivity index (χ2v) is 5.70. The summed E-state index contributed by atoms with van der Waals surface area (Å²) in [5, 5.41) is 6.53. The molecule has 1 heterocycles. The van der Waals surface area contributed by atoms with Crippen molar-refractivity contribution in [2.45, 2.75) is 6.61 Å². The van der Waals surface area contributed by atoms with Gasteiger partial charge in [0.2, 0.25) is 5.76 Å². The molecule has 0 aliphatic carbocycles. The van der Waals surface area contributed by atoms with Crippen LogP contribution in [0.4, 0.5) is 11.4 Å². The number of nitrogens with one attached hydrogen (secondary N) is 1. The van der Waals surface area contributed by atoms with Crippen LogP contribution in [-0.2, 0) is 6.61 Å². The summed E-state index contributed by atoms with van der Waals surface area (Å²) in [5.41, 5.74) is 2.74. The number of rotatable bonds is 6. The zero-order valence-electron chi connectivity index (χ0n) is 14.1. The first kappa shape index (κ1) is 16.6. The Hall–Kier alpha value is -3.28. The van der Waals surface area contributed by atoms with Crippen LogP contribution in [0, 0.1) is 0 Å². The minimum absolute atomic E-state index is 0.0970. The van der Waals surface area contributed by atoms with E-state index in [0.29, 0.717) is 12.3 Å². The summed E-state index contributed by atoms with van der Waals surface area (Å²) < 4.78 is 10.6. The smallest absolute Gasteiger partial charge is 0.294 e. The van der Waals surface area contributed by atoms with Crippen molar-refractivity contribution >= 4 is 17.3 Å². The Morgan fingerprint density at radius 2 is 1.84 bits per heavy atom. The molecule has 25 heavy (non-hydrogen) atoms. The Labute approximate surface area is 146 Å². The van der Waals surface area contributed by atoms with Gasteiger partial charge in [0, 0.05) is 25.5 Å². The van der Waals surface area contributed by atoms with E-state index in [1.165, 1.54) is 6.07 Å². The van der Waals surface area contributed by atoms with Gasteiger partial charge in [0.1, 0.15) is 6.61 Å². The van der Waals surface area contributed by atoms with E-state index in [-0.39, 0.29) is 17.5 Å². The molecule has 2 aromatic carbocycles. The fraction of sp³-hybridized carbons (Fsp3) is 0.158. The zero-order chi connectivity index (χ0) is 17.6. The number of carbonyl (C=O) groups is 1. The van der Waals surface area contributed by atoms with Gasteiger partial charge in [-0.25, -0.2) is 0 Å². The first-order valence-corrected chi connectivity index (χ1v) is 7.84. The van der Waals surface area contributed by atoms with Gasteiger partial charge in [-0.05, 0) is 35.0 Å². The molecular formula is C19H19N3O3. The van der Waals surface area contributed by atoms with Gasteiger partial charge >= 0.3 is 0 Å². The number of hydrogen-bond donors (Lipinski definition) is 1. The number of amides is 1. The lowest BCUT2D eigenvalue weighted by Crippen LogP contribution is -2.12. The van der Waals surface area contributed by atoms with Crippen molar-refractivity contribution in [3.63, 3.8) is 0 Å². The second-order valence-electron chi connectivity index (χ2n) is 5.70. The third-order valence-corrected chi connectivity index (χ3v) is 3.58. The normalized spacial score (nSPS) is 10.3. The maximum Gasteiger partial charge on any atom is 0.294 e. The summed E-state index contributed by atoms with van der Waals surface area (Å²) in [4.78, 5) is 14.2. The molecule has 0 bridgehead atoms. The van der Waals surface area contributed by atoms with Crippen molar-refractivity contribution in [3.05, 3.63) is 72.0 Å². The van der Waals surface area contributed by atoms with Crippen molar-refractivity contribution in [2.75, 3.05) is 24.3 Å². The van der Waals surface area contributed by atoms with E-state index in [0.717, 1.165) is 11.3 Å². The van der Waals surface area contributed by atoms with E-state index >= 15 is 0 Å². The van der Waals surface area contributed by atoms with Gasteiger partial charge in [-0.15, -0.1) is 0 Å². The summed E-state index contributed by atoms with van der Waals surface area (Å²) in [7, 11) is 3.91. The third kappa shape index (κ3) is 4.38. The molecule has 1 amide bonds. The summed E-state index contributed by atoms with van der Waals surface area (Å²) >= 11 is 0. The molecule has 128 valence electrons. The molecule has 6 heteroatoms. The maximum absolute atomic E-state index is 12.2. The van der Waals surface area contributed by atoms with Gasteiger partial charge < -0.3 is 19.5 Å². The Balaban J connectivity index is 1.58. The average Bonchev–Trinajstić information content (AvgIpc) is 3.10. The molecule has 1 aromatic heterocycles. The number of anilines is 2. The summed E-state index contributed by atoms with van der Waals surface area (Å²) in [6, 6.07) is 18.7. The van der Waals surface area contributed by atoms with Crippen molar-refractivity contribution in [3.8, 4) is 5.88 Å². The molecule has 0 unspecified atom stereocenters. The van der Waals surface area contributed by atoms with Crippen molar-refractivity contribution in [2.24, 2.45) is 0 Å². The Kier molecular flexibility index (Phi) is 4.99. The van der Waals surface area contributed by atoms with Crippen LogP contribution in [0.3, 0.4) is 0 Å². The summed E-state index contributed by atoms with van der Waals surface area (Å²) in [5.74, 6) is -0.00336. The van der Waals surface area contributed by atoms with Crippen LogP contribution in [-0.4, -0.2) is 25.2 Å². The Morgan fingerprint density at radius 1 is 1.12 bits per heavy atom. The predicted molar refractivity (Wildman–Crippen MR) is 96.0 cm³/mol. The van der Waals surface area contributed by atoms with Gasteiger partial charge in [-0.2, -0.15) is 0 Å². The number of nitrogens with zero attached hydrogens (tertiary/aromatic N) is 2.